The van der Waals surface area contributed by atoms with Crippen molar-refractivity contribution in [1.82, 2.24) is 0 Å². The van der Waals surface area contributed by atoms with Crippen LogP contribution in [0.4, 0.5) is 5.69 Å². The lowest BCUT2D eigenvalue weighted by atomic mass is 9.98. The molecule has 1 atom stereocenters. The molecule has 1 aliphatic rings. The van der Waals surface area contributed by atoms with Gasteiger partial charge in [-0.3, -0.25) is 9.59 Å². The van der Waals surface area contributed by atoms with Gasteiger partial charge < -0.3 is 4.90 Å². The Kier molecular flexibility index (Phi) is 4.09. The fourth-order valence-corrected chi connectivity index (χ4v) is 3.21. The Labute approximate surface area is 122 Å². The molecule has 1 aliphatic heterocycles. The molecule has 2 rings (SSSR count). The quantitative estimate of drug-likeness (QED) is 0.793. The molecule has 102 valence electrons. The van der Waals surface area contributed by atoms with Crippen molar-refractivity contribution >= 4 is 33.3 Å². The highest BCUT2D eigenvalue weighted by Gasteiger charge is 2.37. The average molecular weight is 324 g/mol. The molecule has 0 bridgehead atoms. The highest BCUT2D eigenvalue weighted by atomic mass is 79.9. The van der Waals surface area contributed by atoms with Crippen molar-refractivity contribution in [2.45, 2.75) is 27.2 Å². The zero-order valence-corrected chi connectivity index (χ0v) is 13.0. The molecule has 1 aromatic carbocycles. The molecular formula is C15H18BrNO2. The van der Waals surface area contributed by atoms with Gasteiger partial charge in [0.15, 0.2) is 0 Å². The number of nitrogens with zero attached hydrogens (tertiary/aromatic N) is 1. The number of ketones is 1. The van der Waals surface area contributed by atoms with Crippen LogP contribution in [-0.4, -0.2) is 18.2 Å². The molecule has 0 radical (unpaired) electrons. The number of carbonyl (C=O) groups excluding carboxylic acids is 2. The molecule has 0 fully saturated rings. The van der Waals surface area contributed by atoms with Crippen molar-refractivity contribution in [3.8, 4) is 0 Å². The monoisotopic (exact) mass is 323 g/mol. The summed E-state index contributed by atoms with van der Waals surface area (Å²) in [4.78, 5) is 25.7. The van der Waals surface area contributed by atoms with E-state index >= 15 is 0 Å². The third kappa shape index (κ3) is 2.73. The van der Waals surface area contributed by atoms with Crippen molar-refractivity contribution in [3.63, 3.8) is 0 Å². The Morgan fingerprint density at radius 2 is 1.89 bits per heavy atom. The SMILES string of the molecule is CC(C)CC(C)CN1C(=O)C(=O)c2c(Br)cccc21. The molecule has 0 spiro atoms. The number of rotatable bonds is 4. The molecular weight excluding hydrogens is 306 g/mol. The summed E-state index contributed by atoms with van der Waals surface area (Å²) in [5, 5.41) is 0. The van der Waals surface area contributed by atoms with E-state index in [1.54, 1.807) is 11.0 Å². The third-order valence-corrected chi connectivity index (χ3v) is 3.98. The number of benzene rings is 1. The van der Waals surface area contributed by atoms with Crippen LogP contribution < -0.4 is 4.90 Å². The van der Waals surface area contributed by atoms with Crippen molar-refractivity contribution < 1.29 is 9.59 Å². The second-order valence-electron chi connectivity index (χ2n) is 5.61. The second kappa shape index (κ2) is 5.45. The van der Waals surface area contributed by atoms with Crippen molar-refractivity contribution in [2.75, 3.05) is 11.4 Å². The van der Waals surface area contributed by atoms with Crippen LogP contribution in [0.5, 0.6) is 0 Å². The van der Waals surface area contributed by atoms with Gasteiger partial charge in [0.05, 0.1) is 11.3 Å². The standard InChI is InChI=1S/C15H18BrNO2/c1-9(2)7-10(3)8-17-12-6-4-5-11(16)13(12)14(18)15(17)19/h4-6,9-10H,7-8H2,1-3H3. The molecule has 0 saturated carbocycles. The van der Waals surface area contributed by atoms with E-state index in [9.17, 15) is 9.59 Å². The summed E-state index contributed by atoms with van der Waals surface area (Å²) in [6, 6.07) is 5.49. The summed E-state index contributed by atoms with van der Waals surface area (Å²) >= 11 is 3.35. The molecule has 1 unspecified atom stereocenters. The summed E-state index contributed by atoms with van der Waals surface area (Å²) in [7, 11) is 0. The number of halogens is 1. The van der Waals surface area contributed by atoms with E-state index < -0.39 is 11.7 Å². The first-order valence-electron chi connectivity index (χ1n) is 6.56. The van der Waals surface area contributed by atoms with Gasteiger partial charge >= 0.3 is 0 Å². The third-order valence-electron chi connectivity index (χ3n) is 3.32. The minimum atomic E-state index is -0.405. The molecule has 19 heavy (non-hydrogen) atoms. The summed E-state index contributed by atoms with van der Waals surface area (Å²) in [6.07, 6.45) is 1.04. The topological polar surface area (TPSA) is 37.4 Å². The molecule has 0 aliphatic carbocycles. The Hall–Kier alpha value is -1.16. The molecule has 0 N–H and O–H groups in total. The van der Waals surface area contributed by atoms with Crippen LogP contribution in [0.3, 0.4) is 0 Å². The number of Topliss-reactive ketones (excluding diaryl/α,β-unsaturated/α-hetero) is 1. The Balaban J connectivity index is 2.27. The lowest BCUT2D eigenvalue weighted by Crippen LogP contribution is -2.34. The van der Waals surface area contributed by atoms with Crippen LogP contribution in [0, 0.1) is 11.8 Å². The fraction of sp³-hybridized carbons (Fsp3) is 0.467. The van der Waals surface area contributed by atoms with Gasteiger partial charge in [-0.15, -0.1) is 0 Å². The fourth-order valence-electron chi connectivity index (χ4n) is 2.67. The lowest BCUT2D eigenvalue weighted by molar-refractivity contribution is -0.114. The van der Waals surface area contributed by atoms with E-state index in [4.69, 9.17) is 0 Å². The van der Waals surface area contributed by atoms with E-state index in [1.807, 2.05) is 12.1 Å². The zero-order chi connectivity index (χ0) is 14.2. The number of carbonyl (C=O) groups is 2. The number of hydrogen-bond donors (Lipinski definition) is 0. The van der Waals surface area contributed by atoms with Gasteiger partial charge in [-0.1, -0.05) is 26.8 Å². The molecule has 0 saturated heterocycles. The largest absolute Gasteiger partial charge is 0.304 e. The number of anilines is 1. The first-order valence-corrected chi connectivity index (χ1v) is 7.35. The van der Waals surface area contributed by atoms with E-state index in [0.717, 1.165) is 12.1 Å². The average Bonchev–Trinajstić information content (AvgIpc) is 2.55. The summed E-state index contributed by atoms with van der Waals surface area (Å²) < 4.78 is 0.697. The van der Waals surface area contributed by atoms with E-state index in [0.29, 0.717) is 28.4 Å². The van der Waals surface area contributed by atoms with Gasteiger partial charge in [0.25, 0.3) is 11.7 Å². The van der Waals surface area contributed by atoms with Gasteiger partial charge in [-0.05, 0) is 46.3 Å². The van der Waals surface area contributed by atoms with Crippen LogP contribution in [0.25, 0.3) is 0 Å². The van der Waals surface area contributed by atoms with Crippen LogP contribution in [0.15, 0.2) is 22.7 Å². The first-order chi connectivity index (χ1) is 8.91. The Morgan fingerprint density at radius 1 is 1.21 bits per heavy atom. The van der Waals surface area contributed by atoms with Crippen LogP contribution in [0.2, 0.25) is 0 Å². The van der Waals surface area contributed by atoms with Gasteiger partial charge in [0, 0.05) is 11.0 Å². The Morgan fingerprint density at radius 3 is 2.53 bits per heavy atom. The summed E-state index contributed by atoms with van der Waals surface area (Å²) in [5.74, 6) is 0.156. The molecule has 4 heteroatoms. The summed E-state index contributed by atoms with van der Waals surface area (Å²) in [6.45, 7) is 7.05. The number of fused-ring (bicyclic) bond motifs is 1. The van der Waals surface area contributed by atoms with Gasteiger partial charge in [-0.2, -0.15) is 0 Å². The molecule has 0 aromatic heterocycles. The second-order valence-corrected chi connectivity index (χ2v) is 6.47. The van der Waals surface area contributed by atoms with Crippen molar-refractivity contribution in [3.05, 3.63) is 28.2 Å². The van der Waals surface area contributed by atoms with E-state index in [2.05, 4.69) is 36.7 Å². The van der Waals surface area contributed by atoms with Crippen LogP contribution >= 0.6 is 15.9 Å². The maximum absolute atomic E-state index is 12.1. The summed E-state index contributed by atoms with van der Waals surface area (Å²) in [5.41, 5.74) is 1.24. The Bertz CT molecular complexity index is 525. The molecule has 3 nitrogen and oxygen atoms in total. The smallest absolute Gasteiger partial charge is 0.299 e. The minimum absolute atomic E-state index is 0.377. The first kappa shape index (κ1) is 14.3. The maximum Gasteiger partial charge on any atom is 0.299 e. The van der Waals surface area contributed by atoms with Crippen LogP contribution in [-0.2, 0) is 4.79 Å². The van der Waals surface area contributed by atoms with Gasteiger partial charge in [0.1, 0.15) is 0 Å². The molecule has 1 heterocycles. The number of hydrogen-bond acceptors (Lipinski definition) is 2. The van der Waals surface area contributed by atoms with Crippen LogP contribution in [0.1, 0.15) is 37.6 Å². The highest BCUT2D eigenvalue weighted by Crippen LogP contribution is 2.35. The predicted octanol–water partition coefficient (Wildman–Crippen LogP) is 3.66. The van der Waals surface area contributed by atoms with Crippen molar-refractivity contribution in [2.24, 2.45) is 11.8 Å². The van der Waals surface area contributed by atoms with Crippen molar-refractivity contribution in [1.29, 1.82) is 0 Å². The van der Waals surface area contributed by atoms with E-state index in [1.165, 1.54) is 0 Å². The normalized spacial score (nSPS) is 16.2. The lowest BCUT2D eigenvalue weighted by Gasteiger charge is -2.22. The van der Waals surface area contributed by atoms with Gasteiger partial charge in [0.2, 0.25) is 0 Å². The molecule has 1 amide bonds. The number of amides is 1. The van der Waals surface area contributed by atoms with E-state index in [-0.39, 0.29) is 0 Å². The minimum Gasteiger partial charge on any atom is -0.304 e. The predicted molar refractivity (Wildman–Crippen MR) is 79.4 cm³/mol. The maximum atomic E-state index is 12.1. The van der Waals surface area contributed by atoms with Gasteiger partial charge in [-0.25, -0.2) is 0 Å². The highest BCUT2D eigenvalue weighted by molar-refractivity contribution is 9.10. The zero-order valence-electron chi connectivity index (χ0n) is 11.4. The molecule has 1 aromatic rings.